The molecule has 25 heavy (non-hydrogen) atoms. The van der Waals surface area contributed by atoms with E-state index in [2.05, 4.69) is 21.7 Å². The highest BCUT2D eigenvalue weighted by molar-refractivity contribution is 5.81. The average molecular weight is 336 g/mol. The van der Waals surface area contributed by atoms with E-state index in [0.29, 0.717) is 18.8 Å². The molecule has 3 rings (SSSR count). The molecule has 0 radical (unpaired) electrons. The van der Waals surface area contributed by atoms with E-state index < -0.39 is 5.60 Å². The molecule has 5 heteroatoms. The predicted molar refractivity (Wildman–Crippen MR) is 97.6 cm³/mol. The van der Waals surface area contributed by atoms with Crippen molar-refractivity contribution >= 4 is 5.96 Å². The van der Waals surface area contributed by atoms with Crippen molar-refractivity contribution < 1.29 is 5.11 Å². The normalized spacial score (nSPS) is 28.1. The van der Waals surface area contributed by atoms with Gasteiger partial charge in [-0.3, -0.25) is 0 Å². The number of hydrogen-bond acceptors (Lipinski definition) is 3. The molecule has 2 fully saturated rings. The zero-order valence-corrected chi connectivity index (χ0v) is 15.0. The first-order chi connectivity index (χ1) is 11.9. The lowest BCUT2D eigenvalue weighted by atomic mass is 9.86. The number of aliphatic hydroxyl groups is 1. The third-order valence-corrected chi connectivity index (χ3v) is 5.01. The molecule has 2 unspecified atom stereocenters. The number of piperidine rings is 1. The van der Waals surface area contributed by atoms with Crippen LogP contribution < -0.4 is 0 Å². The Hall–Kier alpha value is -2.50. The SMILES string of the molecule is Cc1cccc(C#CC2(O)CC3CCC(C2)N3/C(=N/C#N)N(C)C)c1. The topological polar surface area (TPSA) is 62.9 Å². The number of aryl methyl sites for hydroxylation is 1. The minimum absolute atomic E-state index is 0.171. The molecule has 2 heterocycles. The van der Waals surface area contributed by atoms with E-state index in [-0.39, 0.29) is 12.1 Å². The molecule has 5 nitrogen and oxygen atoms in total. The molecule has 0 spiro atoms. The Balaban J connectivity index is 1.82. The maximum absolute atomic E-state index is 11.0. The Kier molecular flexibility index (Phi) is 4.70. The van der Waals surface area contributed by atoms with E-state index in [1.165, 1.54) is 0 Å². The van der Waals surface area contributed by atoms with E-state index >= 15 is 0 Å². The fourth-order valence-corrected chi connectivity index (χ4v) is 4.00. The minimum Gasteiger partial charge on any atom is -0.377 e. The molecule has 130 valence electrons. The Morgan fingerprint density at radius 1 is 1.32 bits per heavy atom. The van der Waals surface area contributed by atoms with Crippen molar-refractivity contribution in [1.82, 2.24) is 9.80 Å². The van der Waals surface area contributed by atoms with Gasteiger partial charge in [-0.05, 0) is 37.5 Å². The number of benzene rings is 1. The van der Waals surface area contributed by atoms with Gasteiger partial charge < -0.3 is 14.9 Å². The van der Waals surface area contributed by atoms with Crippen molar-refractivity contribution in [1.29, 1.82) is 5.26 Å². The summed E-state index contributed by atoms with van der Waals surface area (Å²) in [7, 11) is 3.79. The standard InChI is InChI=1S/C20H24N4O/c1-15-5-4-6-16(11-15)9-10-20(25)12-17-7-8-18(13-20)24(17)19(22-14-21)23(2)3/h4-6,11,17-18,25H,7-8,12-13H2,1-3H3/b22-19+. The molecular formula is C20H24N4O. The predicted octanol–water partition coefficient (Wildman–Crippen LogP) is 2.10. The summed E-state index contributed by atoms with van der Waals surface area (Å²) in [6.45, 7) is 2.04. The van der Waals surface area contributed by atoms with E-state index in [9.17, 15) is 5.11 Å². The van der Waals surface area contributed by atoms with Gasteiger partial charge in [-0.15, -0.1) is 4.99 Å². The summed E-state index contributed by atoms with van der Waals surface area (Å²) >= 11 is 0. The second kappa shape index (κ2) is 6.78. The van der Waals surface area contributed by atoms with E-state index in [1.54, 1.807) is 0 Å². The first-order valence-electron chi connectivity index (χ1n) is 8.66. The summed E-state index contributed by atoms with van der Waals surface area (Å²) in [5, 5.41) is 20.0. The molecule has 1 aromatic rings. The highest BCUT2D eigenvalue weighted by Crippen LogP contribution is 2.41. The molecule has 0 saturated carbocycles. The highest BCUT2D eigenvalue weighted by atomic mass is 16.3. The van der Waals surface area contributed by atoms with Crippen LogP contribution in [0.3, 0.4) is 0 Å². The molecule has 2 saturated heterocycles. The minimum atomic E-state index is -0.976. The number of nitrogens with zero attached hydrogens (tertiary/aromatic N) is 4. The van der Waals surface area contributed by atoms with Gasteiger partial charge in [-0.1, -0.05) is 24.0 Å². The van der Waals surface area contributed by atoms with Crippen LogP contribution in [0.5, 0.6) is 0 Å². The Bertz CT molecular complexity index is 767. The molecular weight excluding hydrogens is 312 g/mol. The fourth-order valence-electron chi connectivity index (χ4n) is 4.00. The van der Waals surface area contributed by atoms with Crippen molar-refractivity contribution in [2.75, 3.05) is 14.1 Å². The summed E-state index contributed by atoms with van der Waals surface area (Å²) in [6, 6.07) is 8.36. The summed E-state index contributed by atoms with van der Waals surface area (Å²) < 4.78 is 0. The van der Waals surface area contributed by atoms with E-state index in [1.807, 2.05) is 56.4 Å². The molecule has 0 aliphatic carbocycles. The van der Waals surface area contributed by atoms with Crippen LogP contribution in [0.25, 0.3) is 0 Å². The van der Waals surface area contributed by atoms with E-state index in [4.69, 9.17) is 5.26 Å². The van der Waals surface area contributed by atoms with Crippen LogP contribution in [0.15, 0.2) is 29.3 Å². The third kappa shape index (κ3) is 3.62. The van der Waals surface area contributed by atoms with Crippen LogP contribution in [0, 0.1) is 30.2 Å². The smallest absolute Gasteiger partial charge is 0.212 e. The first-order valence-corrected chi connectivity index (χ1v) is 8.66. The second-order valence-corrected chi connectivity index (χ2v) is 7.26. The highest BCUT2D eigenvalue weighted by Gasteiger charge is 2.48. The molecule has 0 aromatic heterocycles. The van der Waals surface area contributed by atoms with Gasteiger partial charge in [0.1, 0.15) is 5.60 Å². The Labute approximate surface area is 149 Å². The molecule has 0 amide bonds. The van der Waals surface area contributed by atoms with Crippen LogP contribution in [0.2, 0.25) is 0 Å². The molecule has 1 aromatic carbocycles. The van der Waals surface area contributed by atoms with Gasteiger partial charge in [0.2, 0.25) is 12.2 Å². The average Bonchev–Trinajstić information content (AvgIpc) is 2.82. The van der Waals surface area contributed by atoms with Gasteiger partial charge >= 0.3 is 0 Å². The van der Waals surface area contributed by atoms with Crippen molar-refractivity contribution in [3.05, 3.63) is 35.4 Å². The van der Waals surface area contributed by atoms with Gasteiger partial charge in [-0.2, -0.15) is 5.26 Å². The van der Waals surface area contributed by atoms with E-state index in [0.717, 1.165) is 24.0 Å². The molecule has 2 atom stereocenters. The zero-order valence-electron chi connectivity index (χ0n) is 15.0. The summed E-state index contributed by atoms with van der Waals surface area (Å²) in [6.07, 6.45) is 5.06. The second-order valence-electron chi connectivity index (χ2n) is 7.26. The molecule has 2 bridgehead atoms. The lowest BCUT2D eigenvalue weighted by Crippen LogP contribution is -2.55. The van der Waals surface area contributed by atoms with Gasteiger partial charge in [0.25, 0.3) is 0 Å². The summed E-state index contributed by atoms with van der Waals surface area (Å²) in [5.41, 5.74) is 1.12. The first kappa shape index (κ1) is 17.3. The number of fused-ring (bicyclic) bond motifs is 2. The largest absolute Gasteiger partial charge is 0.377 e. The zero-order chi connectivity index (χ0) is 18.0. The number of rotatable bonds is 0. The van der Waals surface area contributed by atoms with Gasteiger partial charge in [0, 0.05) is 44.6 Å². The van der Waals surface area contributed by atoms with Crippen LogP contribution in [0.1, 0.15) is 36.8 Å². The van der Waals surface area contributed by atoms with Crippen molar-refractivity contribution in [3.63, 3.8) is 0 Å². The van der Waals surface area contributed by atoms with Crippen molar-refractivity contribution in [2.24, 2.45) is 4.99 Å². The Morgan fingerprint density at radius 3 is 2.56 bits per heavy atom. The third-order valence-electron chi connectivity index (χ3n) is 5.01. The van der Waals surface area contributed by atoms with Gasteiger partial charge in [0.05, 0.1) is 0 Å². The molecule has 2 aliphatic heterocycles. The maximum atomic E-state index is 11.0. The number of aliphatic imine (C=N–C) groups is 1. The van der Waals surface area contributed by atoms with Crippen LogP contribution in [0.4, 0.5) is 0 Å². The van der Waals surface area contributed by atoms with Gasteiger partial charge in [0.15, 0.2) is 0 Å². The molecule has 2 aliphatic rings. The number of guanidine groups is 1. The summed E-state index contributed by atoms with van der Waals surface area (Å²) in [4.78, 5) is 8.07. The number of hydrogen-bond donors (Lipinski definition) is 1. The van der Waals surface area contributed by atoms with Crippen molar-refractivity contribution in [2.45, 2.75) is 50.3 Å². The van der Waals surface area contributed by atoms with Gasteiger partial charge in [-0.25, -0.2) is 0 Å². The van der Waals surface area contributed by atoms with Crippen LogP contribution >= 0.6 is 0 Å². The lowest BCUT2D eigenvalue weighted by molar-refractivity contribution is 0.0119. The van der Waals surface area contributed by atoms with Crippen LogP contribution in [-0.4, -0.2) is 52.6 Å². The lowest BCUT2D eigenvalue weighted by Gasteiger charge is -2.44. The fraction of sp³-hybridized carbons (Fsp3) is 0.500. The van der Waals surface area contributed by atoms with Crippen LogP contribution in [-0.2, 0) is 0 Å². The monoisotopic (exact) mass is 336 g/mol. The quantitative estimate of drug-likeness (QED) is 0.341. The Morgan fingerprint density at radius 2 is 2.00 bits per heavy atom. The summed E-state index contributed by atoms with van der Waals surface area (Å²) in [5.74, 6) is 6.95. The van der Waals surface area contributed by atoms with Crippen molar-refractivity contribution in [3.8, 4) is 18.0 Å². The molecule has 1 N–H and O–H groups in total. The number of nitriles is 1. The maximum Gasteiger partial charge on any atom is 0.212 e.